The summed E-state index contributed by atoms with van der Waals surface area (Å²) in [6, 6.07) is -0.833. The first-order valence-corrected chi connectivity index (χ1v) is 16.8. The molecule has 3 unspecified atom stereocenters. The molecule has 0 radical (unpaired) electrons. The van der Waals surface area contributed by atoms with E-state index in [1.807, 2.05) is 0 Å². The second-order valence-corrected chi connectivity index (χ2v) is 11.3. The van der Waals surface area contributed by atoms with Gasteiger partial charge in [-0.1, -0.05) is 115 Å². The van der Waals surface area contributed by atoms with Crippen LogP contribution in [0.15, 0.2) is 36.5 Å². The first kappa shape index (κ1) is 38.6. The Morgan fingerprint density at radius 3 is 1.62 bits per heavy atom. The molecule has 4 N–H and O–H groups in total. The molecule has 0 aliphatic rings. The molecule has 0 rings (SSSR count). The maximum absolute atomic E-state index is 12.3. The number of carbonyl (C=O) groups excluding carboxylic acids is 1. The van der Waals surface area contributed by atoms with Gasteiger partial charge in [-0.3, -0.25) is 4.79 Å². The summed E-state index contributed by atoms with van der Waals surface area (Å²) in [5.41, 5.74) is 0. The molecule has 0 aromatic carbocycles. The molecule has 1 amide bonds. The van der Waals surface area contributed by atoms with Crippen molar-refractivity contribution in [1.82, 2.24) is 5.32 Å². The highest BCUT2D eigenvalue weighted by atomic mass is 16.3. The van der Waals surface area contributed by atoms with Gasteiger partial charge in [0.15, 0.2) is 0 Å². The van der Waals surface area contributed by atoms with Crippen molar-refractivity contribution in [2.75, 3.05) is 6.61 Å². The van der Waals surface area contributed by atoms with Gasteiger partial charge in [0.2, 0.25) is 5.91 Å². The largest absolute Gasteiger partial charge is 0.394 e. The first-order valence-electron chi connectivity index (χ1n) is 16.8. The zero-order valence-corrected chi connectivity index (χ0v) is 26.2. The van der Waals surface area contributed by atoms with Crippen molar-refractivity contribution in [1.29, 1.82) is 0 Å². The summed E-state index contributed by atoms with van der Waals surface area (Å²) in [6.45, 7) is 4.05. The lowest BCUT2D eigenvalue weighted by atomic mass is 10.0. The Balaban J connectivity index is 3.79. The van der Waals surface area contributed by atoms with Crippen LogP contribution in [-0.2, 0) is 4.79 Å². The summed E-state index contributed by atoms with van der Waals surface area (Å²) in [5, 5.41) is 33.1. The van der Waals surface area contributed by atoms with E-state index in [4.69, 9.17) is 0 Å². The van der Waals surface area contributed by atoms with Gasteiger partial charge in [0.05, 0.1) is 18.8 Å². The van der Waals surface area contributed by atoms with Crippen LogP contribution >= 0.6 is 0 Å². The predicted octanol–water partition coefficient (Wildman–Crippen LogP) is 8.48. The lowest BCUT2D eigenvalue weighted by Gasteiger charge is -2.26. The third-order valence-corrected chi connectivity index (χ3v) is 7.42. The number of unbranched alkanes of at least 4 members (excludes halogenated alkanes) is 15. The van der Waals surface area contributed by atoms with Gasteiger partial charge in [0.25, 0.3) is 0 Å². The lowest BCUT2D eigenvalue weighted by molar-refractivity contribution is -0.124. The Labute approximate surface area is 247 Å². The standard InChI is InChI=1S/C35H65NO4/c1-3-5-7-9-11-13-15-16-17-18-19-20-22-24-26-28-30-34(39)36-32(31-37)35(40)33(38)29-27-25-23-21-14-12-10-8-6-4-2/h8,10,17-18,21,23,32-33,35,37-38,40H,3-7,9,11-16,19-20,22,24-31H2,1-2H3,(H,36,39)/b10-8+,18-17-,23-21+. The van der Waals surface area contributed by atoms with E-state index < -0.39 is 18.2 Å². The Bertz CT molecular complexity index is 631. The fourth-order valence-corrected chi connectivity index (χ4v) is 4.77. The average Bonchev–Trinajstić information content (AvgIpc) is 2.96. The van der Waals surface area contributed by atoms with E-state index in [-0.39, 0.29) is 12.5 Å². The Morgan fingerprint density at radius 2 is 1.07 bits per heavy atom. The first-order chi connectivity index (χ1) is 19.6. The molecule has 0 heterocycles. The van der Waals surface area contributed by atoms with Gasteiger partial charge >= 0.3 is 0 Å². The van der Waals surface area contributed by atoms with Crippen molar-refractivity contribution in [2.24, 2.45) is 0 Å². The smallest absolute Gasteiger partial charge is 0.220 e. The SMILES string of the molecule is CCC/C=C/CC/C=C/CCCC(O)C(O)C(CO)NC(=O)CCCCCCC/C=C\CCCCCCCCC. The molecule has 0 aliphatic carbocycles. The third-order valence-electron chi connectivity index (χ3n) is 7.42. The number of hydrogen-bond donors (Lipinski definition) is 4. The molecule has 0 saturated heterocycles. The number of amides is 1. The predicted molar refractivity (Wildman–Crippen MR) is 171 cm³/mol. The molecule has 3 atom stereocenters. The van der Waals surface area contributed by atoms with Gasteiger partial charge in [-0.25, -0.2) is 0 Å². The zero-order valence-electron chi connectivity index (χ0n) is 26.2. The summed E-state index contributed by atoms with van der Waals surface area (Å²) in [6.07, 6.45) is 35.2. The quantitative estimate of drug-likeness (QED) is 0.0543. The number of aliphatic hydroxyl groups is 3. The topological polar surface area (TPSA) is 89.8 Å². The molecule has 0 saturated carbocycles. The van der Waals surface area contributed by atoms with Crippen LogP contribution in [0.2, 0.25) is 0 Å². The Hall–Kier alpha value is -1.43. The van der Waals surface area contributed by atoms with Crippen molar-refractivity contribution >= 4 is 5.91 Å². The van der Waals surface area contributed by atoms with Gasteiger partial charge in [0, 0.05) is 6.42 Å². The summed E-state index contributed by atoms with van der Waals surface area (Å²) >= 11 is 0. The van der Waals surface area contributed by atoms with Crippen LogP contribution in [0.4, 0.5) is 0 Å². The molecule has 0 aliphatic heterocycles. The minimum absolute atomic E-state index is 0.172. The van der Waals surface area contributed by atoms with Gasteiger partial charge in [-0.2, -0.15) is 0 Å². The molecule has 0 fully saturated rings. The van der Waals surface area contributed by atoms with Crippen molar-refractivity contribution in [2.45, 2.75) is 173 Å². The molecule has 0 aromatic rings. The summed E-state index contributed by atoms with van der Waals surface area (Å²) < 4.78 is 0. The van der Waals surface area contributed by atoms with E-state index in [1.165, 1.54) is 70.6 Å². The maximum atomic E-state index is 12.3. The molecule has 5 nitrogen and oxygen atoms in total. The van der Waals surface area contributed by atoms with Crippen LogP contribution < -0.4 is 5.32 Å². The second kappa shape index (κ2) is 30.5. The van der Waals surface area contributed by atoms with Crippen molar-refractivity contribution in [3.63, 3.8) is 0 Å². The Morgan fingerprint density at radius 1 is 0.600 bits per heavy atom. The number of allylic oxidation sites excluding steroid dienone is 6. The van der Waals surface area contributed by atoms with Gasteiger partial charge in [0.1, 0.15) is 6.10 Å². The number of carbonyl (C=O) groups is 1. The minimum atomic E-state index is -1.17. The van der Waals surface area contributed by atoms with Crippen LogP contribution in [0.5, 0.6) is 0 Å². The fraction of sp³-hybridized carbons (Fsp3) is 0.800. The van der Waals surface area contributed by atoms with E-state index in [1.54, 1.807) is 0 Å². The normalized spacial score (nSPS) is 14.4. The van der Waals surface area contributed by atoms with E-state index in [0.717, 1.165) is 57.8 Å². The minimum Gasteiger partial charge on any atom is -0.394 e. The molecular formula is C35H65NO4. The number of rotatable bonds is 29. The van der Waals surface area contributed by atoms with Crippen LogP contribution in [-0.4, -0.2) is 46.1 Å². The zero-order chi connectivity index (χ0) is 29.5. The third kappa shape index (κ3) is 25.5. The van der Waals surface area contributed by atoms with Crippen molar-refractivity contribution < 1.29 is 20.1 Å². The highest BCUT2D eigenvalue weighted by Crippen LogP contribution is 2.12. The van der Waals surface area contributed by atoms with Crippen LogP contribution in [0.3, 0.4) is 0 Å². The molecule has 234 valence electrons. The van der Waals surface area contributed by atoms with Gasteiger partial charge < -0.3 is 20.6 Å². The maximum Gasteiger partial charge on any atom is 0.220 e. The monoisotopic (exact) mass is 563 g/mol. The molecule has 0 spiro atoms. The summed E-state index contributed by atoms with van der Waals surface area (Å²) in [4.78, 5) is 12.3. The van der Waals surface area contributed by atoms with Crippen LogP contribution in [0.1, 0.15) is 155 Å². The molecular weight excluding hydrogens is 498 g/mol. The number of aliphatic hydroxyl groups excluding tert-OH is 3. The van der Waals surface area contributed by atoms with Gasteiger partial charge in [-0.05, 0) is 70.6 Å². The van der Waals surface area contributed by atoms with E-state index in [0.29, 0.717) is 12.8 Å². The molecule has 40 heavy (non-hydrogen) atoms. The highest BCUT2D eigenvalue weighted by molar-refractivity contribution is 5.76. The van der Waals surface area contributed by atoms with E-state index in [9.17, 15) is 20.1 Å². The summed E-state index contributed by atoms with van der Waals surface area (Å²) in [7, 11) is 0. The van der Waals surface area contributed by atoms with Crippen LogP contribution in [0.25, 0.3) is 0 Å². The molecule has 5 heteroatoms. The highest BCUT2D eigenvalue weighted by Gasteiger charge is 2.26. The number of nitrogens with one attached hydrogen (secondary N) is 1. The number of hydrogen-bond acceptors (Lipinski definition) is 4. The molecule has 0 bridgehead atoms. The average molecular weight is 564 g/mol. The van der Waals surface area contributed by atoms with Crippen LogP contribution in [0, 0.1) is 0 Å². The molecule has 0 aromatic heterocycles. The second-order valence-electron chi connectivity index (χ2n) is 11.3. The van der Waals surface area contributed by atoms with Gasteiger partial charge in [-0.15, -0.1) is 0 Å². The van der Waals surface area contributed by atoms with E-state index >= 15 is 0 Å². The Kier molecular flexibility index (Phi) is 29.4. The fourth-order valence-electron chi connectivity index (χ4n) is 4.77. The van der Waals surface area contributed by atoms with Crippen molar-refractivity contribution in [3.05, 3.63) is 36.5 Å². The van der Waals surface area contributed by atoms with Crippen molar-refractivity contribution in [3.8, 4) is 0 Å². The lowest BCUT2D eigenvalue weighted by Crippen LogP contribution is -2.50. The summed E-state index contributed by atoms with van der Waals surface area (Å²) in [5.74, 6) is -0.172. The van der Waals surface area contributed by atoms with E-state index in [2.05, 4.69) is 55.6 Å².